The van der Waals surface area contributed by atoms with E-state index in [-0.39, 0.29) is 17.2 Å². The third kappa shape index (κ3) is 6.81. The van der Waals surface area contributed by atoms with Gasteiger partial charge in [0.05, 0.1) is 6.61 Å². The summed E-state index contributed by atoms with van der Waals surface area (Å²) in [5, 5.41) is 4.87. The fourth-order valence-corrected chi connectivity index (χ4v) is 2.95. The summed E-state index contributed by atoms with van der Waals surface area (Å²) in [4.78, 5) is 32.9. The Labute approximate surface area is 145 Å². The van der Waals surface area contributed by atoms with E-state index < -0.39 is 28.7 Å². The second kappa shape index (κ2) is 10.3. The van der Waals surface area contributed by atoms with Crippen LogP contribution in [0.15, 0.2) is 47.0 Å². The predicted molar refractivity (Wildman–Crippen MR) is 90.9 cm³/mol. The molecule has 0 fully saturated rings. The second-order valence-corrected chi connectivity index (χ2v) is 6.60. The minimum absolute atomic E-state index is 0.146. The number of benzene rings is 1. The normalized spacial score (nSPS) is 12.0. The first kappa shape index (κ1) is 20.5. The highest BCUT2D eigenvalue weighted by Gasteiger charge is 2.21. The molecule has 0 aromatic heterocycles. The summed E-state index contributed by atoms with van der Waals surface area (Å²) in [5.41, 5.74) is -0.257. The van der Waals surface area contributed by atoms with Crippen molar-refractivity contribution in [3.05, 3.63) is 41.8 Å². The average molecular weight is 369 g/mol. The van der Waals surface area contributed by atoms with Crippen molar-refractivity contribution in [2.75, 3.05) is 13.2 Å². The van der Waals surface area contributed by atoms with Crippen molar-refractivity contribution in [2.45, 2.75) is 23.8 Å². The maximum absolute atomic E-state index is 12.2. The number of unbranched alkanes of at least 4 members (excludes halogenated alkanes) is 1. The average Bonchev–Trinajstić information content (AvgIpc) is 2.62. The first-order valence-corrected chi connectivity index (χ1v) is 8.84. The van der Waals surface area contributed by atoms with Crippen LogP contribution in [0.2, 0.25) is 0 Å². The van der Waals surface area contributed by atoms with Crippen molar-refractivity contribution >= 4 is 28.1 Å². The molecule has 1 amide bonds. The molecule has 136 valence electrons. The molecule has 10 heteroatoms. The van der Waals surface area contributed by atoms with E-state index >= 15 is 0 Å². The molecule has 0 aliphatic heterocycles. The number of nitrogens with zero attached hydrogens (tertiary/aromatic N) is 1. The number of ether oxygens (including phenoxy) is 1. The molecule has 0 aliphatic rings. The van der Waals surface area contributed by atoms with Gasteiger partial charge in [0.15, 0.2) is 0 Å². The minimum atomic E-state index is -4.07. The van der Waals surface area contributed by atoms with E-state index in [1.807, 2.05) is 0 Å². The highest BCUT2D eigenvalue weighted by Crippen LogP contribution is 2.22. The van der Waals surface area contributed by atoms with Crippen LogP contribution in [-0.2, 0) is 19.6 Å². The van der Waals surface area contributed by atoms with Gasteiger partial charge in [-0.15, -0.1) is 11.5 Å². The van der Waals surface area contributed by atoms with Crippen LogP contribution in [0.4, 0.5) is 10.5 Å². The zero-order chi connectivity index (χ0) is 18.7. The molecule has 0 radical (unpaired) electrons. The third-order valence-corrected chi connectivity index (χ3v) is 4.47. The Morgan fingerprint density at radius 3 is 2.72 bits per heavy atom. The first-order valence-electron chi connectivity index (χ1n) is 7.36. The number of nitroso groups, excluding NO2 is 1. The fourth-order valence-electron chi connectivity index (χ4n) is 1.76. The lowest BCUT2D eigenvalue weighted by atomic mass is 10.3. The molecule has 0 saturated heterocycles. The Morgan fingerprint density at radius 2 is 2.08 bits per heavy atom. The number of nitrogens with one attached hydrogen (secondary N) is 2. The van der Waals surface area contributed by atoms with Gasteiger partial charge in [-0.1, -0.05) is 18.2 Å². The summed E-state index contributed by atoms with van der Waals surface area (Å²) in [7, 11) is -4.07. The van der Waals surface area contributed by atoms with Crippen molar-refractivity contribution < 1.29 is 22.7 Å². The number of allylic oxidation sites excluding steroid dienone is 1. The summed E-state index contributed by atoms with van der Waals surface area (Å²) in [5.74, 6) is 0. The fraction of sp³-hybridized carbons (Fsp3) is 0.333. The summed E-state index contributed by atoms with van der Waals surface area (Å²) in [6.45, 7) is 3.27. The monoisotopic (exact) mass is 369 g/mol. The number of carbonyl (C=O) groups is 2. The number of hydrogen-bond acceptors (Lipinski definition) is 7. The number of sulfonamides is 1. The van der Waals surface area contributed by atoms with Crippen molar-refractivity contribution in [1.82, 2.24) is 10.0 Å². The molecular formula is C15H19N3O6S. The smallest absolute Gasteiger partial charge is 0.407 e. The lowest BCUT2D eigenvalue weighted by Crippen LogP contribution is -2.44. The van der Waals surface area contributed by atoms with E-state index in [4.69, 9.17) is 4.74 Å². The van der Waals surface area contributed by atoms with E-state index in [2.05, 4.69) is 21.8 Å². The first-order chi connectivity index (χ1) is 11.9. The minimum Gasteiger partial charge on any atom is -0.450 e. The Bertz CT molecular complexity index is 720. The zero-order valence-corrected chi connectivity index (χ0v) is 14.2. The number of alkyl carbamates (subject to hydrolysis) is 1. The Kier molecular flexibility index (Phi) is 8.44. The van der Waals surface area contributed by atoms with Gasteiger partial charge in [0, 0.05) is 6.54 Å². The largest absolute Gasteiger partial charge is 0.450 e. The van der Waals surface area contributed by atoms with Gasteiger partial charge in [0.2, 0.25) is 10.0 Å². The quantitative estimate of drug-likeness (QED) is 0.264. The molecule has 1 atom stereocenters. The Balaban J connectivity index is 2.61. The molecule has 0 aliphatic carbocycles. The van der Waals surface area contributed by atoms with Crippen LogP contribution in [0.3, 0.4) is 0 Å². The molecule has 1 aromatic rings. The number of rotatable bonds is 11. The molecule has 9 nitrogen and oxygen atoms in total. The summed E-state index contributed by atoms with van der Waals surface area (Å²) >= 11 is 0. The van der Waals surface area contributed by atoms with Gasteiger partial charge < -0.3 is 14.8 Å². The van der Waals surface area contributed by atoms with Gasteiger partial charge in [-0.3, -0.25) is 0 Å². The summed E-state index contributed by atoms with van der Waals surface area (Å²) < 4.78 is 31.3. The van der Waals surface area contributed by atoms with Crippen LogP contribution in [0.25, 0.3) is 0 Å². The van der Waals surface area contributed by atoms with Crippen LogP contribution < -0.4 is 10.0 Å². The zero-order valence-electron chi connectivity index (χ0n) is 13.4. The molecule has 2 N–H and O–H groups in total. The second-order valence-electron chi connectivity index (χ2n) is 4.86. The van der Waals surface area contributed by atoms with Gasteiger partial charge in [-0.25, -0.2) is 17.9 Å². The van der Waals surface area contributed by atoms with Crippen molar-refractivity contribution in [1.29, 1.82) is 0 Å². The van der Waals surface area contributed by atoms with Crippen molar-refractivity contribution in [2.24, 2.45) is 5.18 Å². The Hall–Kier alpha value is -2.59. The summed E-state index contributed by atoms with van der Waals surface area (Å²) in [6, 6.07) is 4.22. The molecule has 0 spiro atoms. The molecule has 1 rings (SSSR count). The van der Waals surface area contributed by atoms with Gasteiger partial charge in [0.25, 0.3) is 0 Å². The highest BCUT2D eigenvalue weighted by atomic mass is 32.2. The number of aldehydes is 1. The SMILES string of the molecule is C=CCCCOC(=O)N[C@H](C=O)CNS(=O)(=O)c1ccccc1N=O. The summed E-state index contributed by atoms with van der Waals surface area (Å²) in [6.07, 6.45) is 2.47. The van der Waals surface area contributed by atoms with E-state index in [1.54, 1.807) is 6.08 Å². The van der Waals surface area contributed by atoms with Crippen LogP contribution in [0.5, 0.6) is 0 Å². The number of amides is 1. The maximum Gasteiger partial charge on any atom is 0.407 e. The topological polar surface area (TPSA) is 131 Å². The van der Waals surface area contributed by atoms with Crippen LogP contribution in [0, 0.1) is 4.91 Å². The van der Waals surface area contributed by atoms with Crippen molar-refractivity contribution in [3.63, 3.8) is 0 Å². The molecule has 0 unspecified atom stereocenters. The predicted octanol–water partition coefficient (Wildman–Crippen LogP) is 1.62. The van der Waals surface area contributed by atoms with Gasteiger partial charge in [-0.05, 0) is 30.2 Å². The molecule has 25 heavy (non-hydrogen) atoms. The van der Waals surface area contributed by atoms with Gasteiger partial charge in [-0.2, -0.15) is 0 Å². The molecule has 0 heterocycles. The standard InChI is InChI=1S/C15H19N3O6S/c1-2-3-6-9-24-15(20)17-12(11-19)10-16-25(22,23)14-8-5-4-7-13(14)18-21/h2,4-5,7-8,11-12,16H,1,3,6,9-10H2,(H,17,20)/t12-/m0/s1. The van der Waals surface area contributed by atoms with E-state index in [0.717, 1.165) is 0 Å². The third-order valence-electron chi connectivity index (χ3n) is 3.00. The maximum atomic E-state index is 12.2. The molecule has 0 saturated carbocycles. The molecule has 1 aromatic carbocycles. The number of carbonyl (C=O) groups excluding carboxylic acids is 2. The van der Waals surface area contributed by atoms with Gasteiger partial charge in [0.1, 0.15) is 22.9 Å². The lowest BCUT2D eigenvalue weighted by molar-refractivity contribution is -0.109. The van der Waals surface area contributed by atoms with Crippen LogP contribution >= 0.6 is 0 Å². The van der Waals surface area contributed by atoms with Gasteiger partial charge >= 0.3 is 6.09 Å². The van der Waals surface area contributed by atoms with Crippen LogP contribution in [0.1, 0.15) is 12.8 Å². The van der Waals surface area contributed by atoms with Crippen LogP contribution in [-0.4, -0.2) is 40.0 Å². The Morgan fingerprint density at radius 1 is 1.36 bits per heavy atom. The molecular weight excluding hydrogens is 350 g/mol. The lowest BCUT2D eigenvalue weighted by Gasteiger charge is -2.14. The van der Waals surface area contributed by atoms with E-state index in [1.165, 1.54) is 24.3 Å². The highest BCUT2D eigenvalue weighted by molar-refractivity contribution is 7.89. The van der Waals surface area contributed by atoms with Crippen molar-refractivity contribution in [3.8, 4) is 0 Å². The van der Waals surface area contributed by atoms with E-state index in [0.29, 0.717) is 19.1 Å². The van der Waals surface area contributed by atoms with E-state index in [9.17, 15) is 22.9 Å². The number of hydrogen-bond donors (Lipinski definition) is 2. The molecule has 0 bridgehead atoms.